The Hall–Kier alpha value is -0.220. The monoisotopic (exact) mass is 161 g/mol. The van der Waals surface area contributed by atoms with E-state index in [0.717, 1.165) is 6.42 Å². The van der Waals surface area contributed by atoms with Crippen LogP contribution < -0.4 is 5.32 Å². The lowest BCUT2D eigenvalue weighted by Crippen LogP contribution is -2.36. The van der Waals surface area contributed by atoms with Gasteiger partial charge in [-0.15, -0.1) is 11.8 Å². The summed E-state index contributed by atoms with van der Waals surface area (Å²) in [5.41, 5.74) is 0. The minimum absolute atomic E-state index is 0.324. The van der Waals surface area contributed by atoms with Gasteiger partial charge in [-0.3, -0.25) is 10.1 Å². The number of carboxylic acid groups (broad SMARTS) is 1. The van der Waals surface area contributed by atoms with Crippen LogP contribution in [-0.4, -0.2) is 28.2 Å². The average molecular weight is 161 g/mol. The van der Waals surface area contributed by atoms with Gasteiger partial charge in [-0.05, 0) is 6.42 Å². The van der Waals surface area contributed by atoms with Crippen LogP contribution in [0.15, 0.2) is 0 Å². The summed E-state index contributed by atoms with van der Waals surface area (Å²) < 4.78 is 0. The van der Waals surface area contributed by atoms with Crippen LogP contribution in [0.1, 0.15) is 13.3 Å². The minimum Gasteiger partial charge on any atom is -0.480 e. The molecule has 0 radical (unpaired) electrons. The van der Waals surface area contributed by atoms with Gasteiger partial charge in [0.25, 0.3) is 0 Å². The molecule has 1 unspecified atom stereocenters. The SMILES string of the molecule is CC[C@H]1NC(C(=O)O)CS1. The molecule has 0 amide bonds. The van der Waals surface area contributed by atoms with Crippen LogP contribution in [0.2, 0.25) is 0 Å². The molecule has 1 saturated heterocycles. The predicted octanol–water partition coefficient (Wildman–Crippen LogP) is 0.512. The van der Waals surface area contributed by atoms with Crippen molar-refractivity contribution in [1.82, 2.24) is 5.32 Å². The normalized spacial score (nSPS) is 32.5. The highest BCUT2D eigenvalue weighted by atomic mass is 32.2. The first-order valence-electron chi connectivity index (χ1n) is 3.34. The summed E-state index contributed by atoms with van der Waals surface area (Å²) in [6.07, 6.45) is 0.994. The maximum Gasteiger partial charge on any atom is 0.321 e. The molecule has 1 fully saturated rings. The molecule has 0 aliphatic carbocycles. The Morgan fingerprint density at radius 1 is 1.90 bits per heavy atom. The number of hydrogen-bond donors (Lipinski definition) is 2. The maximum absolute atomic E-state index is 10.4. The topological polar surface area (TPSA) is 49.3 Å². The molecular weight excluding hydrogens is 150 g/mol. The van der Waals surface area contributed by atoms with Gasteiger partial charge in [-0.25, -0.2) is 0 Å². The van der Waals surface area contributed by atoms with E-state index in [2.05, 4.69) is 12.2 Å². The van der Waals surface area contributed by atoms with E-state index in [4.69, 9.17) is 5.11 Å². The van der Waals surface area contributed by atoms with E-state index in [1.54, 1.807) is 11.8 Å². The Morgan fingerprint density at radius 3 is 2.90 bits per heavy atom. The summed E-state index contributed by atoms with van der Waals surface area (Å²) in [4.78, 5) is 10.4. The Morgan fingerprint density at radius 2 is 2.60 bits per heavy atom. The van der Waals surface area contributed by atoms with E-state index in [-0.39, 0.29) is 6.04 Å². The van der Waals surface area contributed by atoms with Crippen molar-refractivity contribution in [2.24, 2.45) is 0 Å². The molecule has 0 bridgehead atoms. The van der Waals surface area contributed by atoms with E-state index in [9.17, 15) is 4.79 Å². The molecule has 0 aromatic heterocycles. The Kier molecular flexibility index (Phi) is 2.56. The molecule has 1 rings (SSSR count). The van der Waals surface area contributed by atoms with Crippen molar-refractivity contribution in [2.75, 3.05) is 5.75 Å². The van der Waals surface area contributed by atoms with Crippen molar-refractivity contribution in [1.29, 1.82) is 0 Å². The molecule has 0 saturated carbocycles. The molecule has 1 aliphatic rings. The van der Waals surface area contributed by atoms with Crippen molar-refractivity contribution in [3.63, 3.8) is 0 Å². The van der Waals surface area contributed by atoms with Crippen LogP contribution in [0.4, 0.5) is 0 Å². The molecule has 0 spiro atoms. The first-order chi connectivity index (χ1) is 4.74. The lowest BCUT2D eigenvalue weighted by Gasteiger charge is -2.06. The van der Waals surface area contributed by atoms with Crippen molar-refractivity contribution in [3.05, 3.63) is 0 Å². The van der Waals surface area contributed by atoms with Crippen molar-refractivity contribution in [2.45, 2.75) is 24.8 Å². The number of rotatable bonds is 2. The van der Waals surface area contributed by atoms with Gasteiger partial charge in [-0.2, -0.15) is 0 Å². The van der Waals surface area contributed by atoms with E-state index in [1.165, 1.54) is 0 Å². The molecule has 10 heavy (non-hydrogen) atoms. The van der Waals surface area contributed by atoms with Crippen molar-refractivity contribution >= 4 is 17.7 Å². The summed E-state index contributed by atoms with van der Waals surface area (Å²) in [6, 6.07) is -0.324. The lowest BCUT2D eigenvalue weighted by atomic mass is 10.3. The number of carbonyl (C=O) groups is 1. The molecule has 3 nitrogen and oxygen atoms in total. The molecule has 2 N–H and O–H groups in total. The third-order valence-corrected chi connectivity index (χ3v) is 2.92. The quantitative estimate of drug-likeness (QED) is 0.619. The zero-order valence-corrected chi connectivity index (χ0v) is 6.65. The summed E-state index contributed by atoms with van der Waals surface area (Å²) in [5.74, 6) is -0.0307. The predicted molar refractivity (Wildman–Crippen MR) is 41.1 cm³/mol. The second kappa shape index (κ2) is 3.25. The smallest absolute Gasteiger partial charge is 0.321 e. The molecule has 1 heterocycles. The standard InChI is InChI=1S/C6H11NO2S/c1-2-5-7-4(3-10-5)6(8)9/h4-5,7H,2-3H2,1H3,(H,8,9)/t4?,5-/m0/s1. The lowest BCUT2D eigenvalue weighted by molar-refractivity contribution is -0.138. The van der Waals surface area contributed by atoms with E-state index in [1.807, 2.05) is 0 Å². The van der Waals surface area contributed by atoms with Gasteiger partial charge >= 0.3 is 5.97 Å². The van der Waals surface area contributed by atoms with E-state index >= 15 is 0 Å². The van der Waals surface area contributed by atoms with Gasteiger partial charge in [-0.1, -0.05) is 6.92 Å². The van der Waals surface area contributed by atoms with Gasteiger partial charge in [0.15, 0.2) is 0 Å². The highest BCUT2D eigenvalue weighted by molar-refractivity contribution is 8.00. The number of nitrogens with one attached hydrogen (secondary N) is 1. The minimum atomic E-state index is -0.733. The Bertz CT molecular complexity index is 140. The summed E-state index contributed by atoms with van der Waals surface area (Å²) in [6.45, 7) is 2.05. The number of aliphatic carboxylic acids is 1. The fraction of sp³-hybridized carbons (Fsp3) is 0.833. The number of hydrogen-bond acceptors (Lipinski definition) is 3. The first kappa shape index (κ1) is 7.88. The van der Waals surface area contributed by atoms with E-state index in [0.29, 0.717) is 11.1 Å². The van der Waals surface area contributed by atoms with E-state index < -0.39 is 5.97 Å². The average Bonchev–Trinajstić information content (AvgIpc) is 2.34. The molecule has 4 heteroatoms. The molecule has 58 valence electrons. The highest BCUT2D eigenvalue weighted by Crippen LogP contribution is 2.20. The zero-order chi connectivity index (χ0) is 7.56. The van der Waals surface area contributed by atoms with Crippen molar-refractivity contribution < 1.29 is 9.90 Å². The largest absolute Gasteiger partial charge is 0.480 e. The molecule has 0 aromatic carbocycles. The molecule has 1 aliphatic heterocycles. The van der Waals surface area contributed by atoms with Crippen molar-refractivity contribution in [3.8, 4) is 0 Å². The Labute approximate surface area is 64.2 Å². The fourth-order valence-electron chi connectivity index (χ4n) is 0.911. The number of thioether (sulfide) groups is 1. The van der Waals surface area contributed by atoms with Crippen LogP contribution >= 0.6 is 11.8 Å². The van der Waals surface area contributed by atoms with Gasteiger partial charge in [0, 0.05) is 5.75 Å². The third kappa shape index (κ3) is 1.64. The van der Waals surface area contributed by atoms with Crippen LogP contribution in [0.25, 0.3) is 0 Å². The third-order valence-electron chi connectivity index (χ3n) is 1.52. The van der Waals surface area contributed by atoms with Gasteiger partial charge in [0.1, 0.15) is 6.04 Å². The zero-order valence-electron chi connectivity index (χ0n) is 5.83. The first-order valence-corrected chi connectivity index (χ1v) is 4.39. The molecule has 0 aromatic rings. The Balaban J connectivity index is 2.35. The van der Waals surface area contributed by atoms with Crippen LogP contribution in [0.3, 0.4) is 0 Å². The van der Waals surface area contributed by atoms with Gasteiger partial charge in [0.2, 0.25) is 0 Å². The van der Waals surface area contributed by atoms with Gasteiger partial charge in [0.05, 0.1) is 5.37 Å². The second-order valence-corrected chi connectivity index (χ2v) is 3.52. The second-order valence-electron chi connectivity index (χ2n) is 2.29. The summed E-state index contributed by atoms with van der Waals surface area (Å²) in [5, 5.41) is 11.9. The summed E-state index contributed by atoms with van der Waals surface area (Å²) in [7, 11) is 0. The highest BCUT2D eigenvalue weighted by Gasteiger charge is 2.27. The summed E-state index contributed by atoms with van der Waals surface area (Å²) >= 11 is 1.69. The van der Waals surface area contributed by atoms with Gasteiger partial charge < -0.3 is 5.11 Å². The number of carboxylic acids is 1. The molecular formula is C6H11NO2S. The van der Waals surface area contributed by atoms with Crippen LogP contribution in [-0.2, 0) is 4.79 Å². The van der Waals surface area contributed by atoms with Crippen LogP contribution in [0.5, 0.6) is 0 Å². The molecule has 2 atom stereocenters. The fourth-order valence-corrected chi connectivity index (χ4v) is 2.07. The maximum atomic E-state index is 10.4. The van der Waals surface area contributed by atoms with Crippen LogP contribution in [0, 0.1) is 0 Å².